The van der Waals surface area contributed by atoms with E-state index in [1.807, 2.05) is 13.8 Å². The van der Waals surface area contributed by atoms with E-state index in [4.69, 9.17) is 0 Å². The standard InChI is InChI=1S/C10H14.C9H16.C2H6/c1-3-4-10-7-5-9(2)6-8-10;1-8(2)9-6-4-3-5-7-9;1-2/h5-8H,3-4H2,1-2H3;9H,1,3-7H2,2H3;1-2H3. The van der Waals surface area contributed by atoms with Crippen molar-refractivity contribution < 1.29 is 0 Å². The lowest BCUT2D eigenvalue weighted by molar-refractivity contribution is 0.404. The summed E-state index contributed by atoms with van der Waals surface area (Å²) in [6, 6.07) is 8.76. The van der Waals surface area contributed by atoms with Gasteiger partial charge in [0.1, 0.15) is 0 Å². The molecular formula is C21H36. The highest BCUT2D eigenvalue weighted by Crippen LogP contribution is 2.28. The minimum absolute atomic E-state index is 0.860. The Bertz CT molecular complexity index is 352. The zero-order chi connectivity index (χ0) is 16.1. The van der Waals surface area contributed by atoms with Crippen LogP contribution in [0, 0.1) is 12.8 Å². The third-order valence-electron chi connectivity index (χ3n) is 3.96. The third-order valence-corrected chi connectivity index (χ3v) is 3.96. The predicted molar refractivity (Wildman–Crippen MR) is 97.9 cm³/mol. The van der Waals surface area contributed by atoms with Gasteiger partial charge in [0.25, 0.3) is 0 Å². The van der Waals surface area contributed by atoms with E-state index in [0.717, 1.165) is 5.92 Å². The third kappa shape index (κ3) is 9.50. The number of hydrogen-bond donors (Lipinski definition) is 0. The number of allylic oxidation sites excluding steroid dienone is 1. The predicted octanol–water partition coefficient (Wildman–Crippen LogP) is 7.12. The fraction of sp³-hybridized carbons (Fsp3) is 0.619. The van der Waals surface area contributed by atoms with E-state index >= 15 is 0 Å². The van der Waals surface area contributed by atoms with Crippen LogP contribution in [0.4, 0.5) is 0 Å². The van der Waals surface area contributed by atoms with Crippen LogP contribution >= 0.6 is 0 Å². The lowest BCUT2D eigenvalue weighted by Crippen LogP contribution is -2.05. The summed E-state index contributed by atoms with van der Waals surface area (Å²) in [4.78, 5) is 0. The SMILES string of the molecule is C=C(C)C1CCCCC1.CC.CCCc1ccc(C)cc1. The monoisotopic (exact) mass is 288 g/mol. The van der Waals surface area contributed by atoms with E-state index in [1.54, 1.807) is 0 Å². The molecule has 1 saturated carbocycles. The maximum Gasteiger partial charge on any atom is -0.0209 e. The first-order valence-corrected chi connectivity index (χ1v) is 8.84. The van der Waals surface area contributed by atoms with Gasteiger partial charge in [-0.05, 0) is 44.6 Å². The van der Waals surface area contributed by atoms with Gasteiger partial charge in [-0.3, -0.25) is 0 Å². The Labute approximate surface area is 133 Å². The van der Waals surface area contributed by atoms with E-state index in [9.17, 15) is 0 Å². The molecule has 0 nitrogen and oxygen atoms in total. The highest BCUT2D eigenvalue weighted by Gasteiger charge is 2.12. The van der Waals surface area contributed by atoms with Crippen molar-refractivity contribution in [1.82, 2.24) is 0 Å². The molecule has 0 aromatic heterocycles. The molecule has 1 aromatic rings. The van der Waals surface area contributed by atoms with E-state index in [2.05, 4.69) is 51.6 Å². The average molecular weight is 289 g/mol. The molecule has 1 aliphatic rings. The van der Waals surface area contributed by atoms with Gasteiger partial charge in [-0.15, -0.1) is 0 Å². The number of benzene rings is 1. The van der Waals surface area contributed by atoms with Crippen LogP contribution in [0.3, 0.4) is 0 Å². The minimum Gasteiger partial charge on any atom is -0.0999 e. The summed E-state index contributed by atoms with van der Waals surface area (Å²) in [5.74, 6) is 0.860. The first-order chi connectivity index (χ1) is 10.1. The Morgan fingerprint density at radius 1 is 1.05 bits per heavy atom. The van der Waals surface area contributed by atoms with Crippen LogP contribution in [0.15, 0.2) is 36.4 Å². The second-order valence-corrected chi connectivity index (χ2v) is 5.92. The van der Waals surface area contributed by atoms with Crippen LogP contribution in [0.25, 0.3) is 0 Å². The van der Waals surface area contributed by atoms with Gasteiger partial charge in [-0.1, -0.05) is 88.4 Å². The maximum absolute atomic E-state index is 3.98. The molecule has 1 aliphatic carbocycles. The molecule has 0 bridgehead atoms. The largest absolute Gasteiger partial charge is 0.0999 e. The molecule has 0 atom stereocenters. The fourth-order valence-electron chi connectivity index (χ4n) is 2.64. The Kier molecular flexibility index (Phi) is 12.1. The van der Waals surface area contributed by atoms with Crippen LogP contribution in [0.2, 0.25) is 0 Å². The van der Waals surface area contributed by atoms with Crippen molar-refractivity contribution in [3.8, 4) is 0 Å². The molecule has 2 rings (SSSR count). The number of rotatable bonds is 3. The molecule has 0 aliphatic heterocycles. The van der Waals surface area contributed by atoms with Crippen molar-refractivity contribution in [2.75, 3.05) is 0 Å². The first kappa shape index (κ1) is 20.0. The zero-order valence-electron chi connectivity index (χ0n) is 15.0. The summed E-state index contributed by atoms with van der Waals surface area (Å²) in [6.45, 7) is 14.5. The molecule has 0 unspecified atom stereocenters. The van der Waals surface area contributed by atoms with Crippen molar-refractivity contribution >= 4 is 0 Å². The van der Waals surface area contributed by atoms with Crippen LogP contribution in [0.5, 0.6) is 0 Å². The Morgan fingerprint density at radius 3 is 1.95 bits per heavy atom. The Balaban J connectivity index is 0.000000342. The first-order valence-electron chi connectivity index (χ1n) is 8.84. The van der Waals surface area contributed by atoms with Crippen LogP contribution in [-0.4, -0.2) is 0 Å². The van der Waals surface area contributed by atoms with Gasteiger partial charge >= 0.3 is 0 Å². The number of hydrogen-bond acceptors (Lipinski definition) is 0. The van der Waals surface area contributed by atoms with Gasteiger partial charge in [0.15, 0.2) is 0 Å². The summed E-state index contributed by atoms with van der Waals surface area (Å²) in [5, 5.41) is 0. The van der Waals surface area contributed by atoms with Crippen molar-refractivity contribution in [3.05, 3.63) is 47.5 Å². The molecule has 0 heteroatoms. The van der Waals surface area contributed by atoms with E-state index in [0.29, 0.717) is 0 Å². The lowest BCUT2D eigenvalue weighted by Gasteiger charge is -2.21. The van der Waals surface area contributed by atoms with Gasteiger partial charge < -0.3 is 0 Å². The summed E-state index contributed by atoms with van der Waals surface area (Å²) in [6.07, 6.45) is 9.55. The molecule has 0 saturated heterocycles. The second kappa shape index (κ2) is 12.7. The van der Waals surface area contributed by atoms with Gasteiger partial charge in [0.2, 0.25) is 0 Å². The van der Waals surface area contributed by atoms with Crippen LogP contribution in [-0.2, 0) is 6.42 Å². The van der Waals surface area contributed by atoms with E-state index < -0.39 is 0 Å². The molecule has 0 N–H and O–H groups in total. The highest BCUT2D eigenvalue weighted by atomic mass is 14.2. The number of aryl methyl sites for hydroxylation is 2. The van der Waals surface area contributed by atoms with Gasteiger partial charge in [0.05, 0.1) is 0 Å². The van der Waals surface area contributed by atoms with E-state index in [-0.39, 0.29) is 0 Å². The van der Waals surface area contributed by atoms with Gasteiger partial charge in [-0.25, -0.2) is 0 Å². The van der Waals surface area contributed by atoms with Crippen molar-refractivity contribution in [3.63, 3.8) is 0 Å². The van der Waals surface area contributed by atoms with Crippen LogP contribution in [0.1, 0.15) is 77.3 Å². The smallest absolute Gasteiger partial charge is 0.0209 e. The normalized spacial score (nSPS) is 14.3. The summed E-state index contributed by atoms with van der Waals surface area (Å²) >= 11 is 0. The minimum atomic E-state index is 0.860. The van der Waals surface area contributed by atoms with Crippen molar-refractivity contribution in [1.29, 1.82) is 0 Å². The van der Waals surface area contributed by atoms with Gasteiger partial charge in [0, 0.05) is 0 Å². The van der Waals surface area contributed by atoms with E-state index in [1.165, 1.54) is 61.6 Å². The molecular weight excluding hydrogens is 252 g/mol. The van der Waals surface area contributed by atoms with Gasteiger partial charge in [-0.2, -0.15) is 0 Å². The Morgan fingerprint density at radius 2 is 1.57 bits per heavy atom. The summed E-state index contributed by atoms with van der Waals surface area (Å²) in [7, 11) is 0. The summed E-state index contributed by atoms with van der Waals surface area (Å²) in [5.41, 5.74) is 4.20. The Hall–Kier alpha value is -1.04. The molecule has 21 heavy (non-hydrogen) atoms. The van der Waals surface area contributed by atoms with Crippen molar-refractivity contribution in [2.45, 2.75) is 79.6 Å². The molecule has 0 amide bonds. The quantitative estimate of drug-likeness (QED) is 0.519. The summed E-state index contributed by atoms with van der Waals surface area (Å²) < 4.78 is 0. The lowest BCUT2D eigenvalue weighted by atomic mass is 9.85. The zero-order valence-corrected chi connectivity index (χ0v) is 15.0. The molecule has 0 heterocycles. The molecule has 0 radical (unpaired) electrons. The molecule has 1 fully saturated rings. The average Bonchev–Trinajstić information content (AvgIpc) is 2.53. The molecule has 0 spiro atoms. The highest BCUT2D eigenvalue weighted by molar-refractivity contribution is 5.21. The topological polar surface area (TPSA) is 0 Å². The van der Waals surface area contributed by atoms with Crippen molar-refractivity contribution in [2.24, 2.45) is 5.92 Å². The second-order valence-electron chi connectivity index (χ2n) is 5.92. The molecule has 120 valence electrons. The van der Waals surface area contributed by atoms with Crippen LogP contribution < -0.4 is 0 Å². The fourth-order valence-corrected chi connectivity index (χ4v) is 2.64. The maximum atomic E-state index is 3.98. The molecule has 1 aromatic carbocycles.